The van der Waals surface area contributed by atoms with Crippen molar-refractivity contribution in [2.24, 2.45) is 5.73 Å². The number of amides is 1. The number of rotatable bonds is 6. The molecule has 0 aliphatic rings. The summed E-state index contributed by atoms with van der Waals surface area (Å²) in [5, 5.41) is 3.23. The van der Waals surface area contributed by atoms with E-state index in [2.05, 4.69) is 10.2 Å². The maximum absolute atomic E-state index is 11.6. The van der Waals surface area contributed by atoms with Gasteiger partial charge in [-0.15, -0.1) is 0 Å². The largest absolute Gasteiger partial charge is 0.368 e. The van der Waals surface area contributed by atoms with Crippen molar-refractivity contribution >= 4 is 5.91 Å². The van der Waals surface area contributed by atoms with E-state index in [9.17, 15) is 4.79 Å². The minimum atomic E-state index is -0.808. The Bertz CT molecular complexity index is 364. The number of likely N-dealkylation sites (N-methyl/N-ethyl adjacent to an activating group) is 1. The summed E-state index contributed by atoms with van der Waals surface area (Å²) in [7, 11) is 3.98. The molecule has 0 saturated carbocycles. The molecule has 0 fully saturated rings. The number of hydrogen-bond acceptors (Lipinski definition) is 3. The number of primary amides is 1. The monoisotopic (exact) mass is 235 g/mol. The lowest BCUT2D eigenvalue weighted by molar-refractivity contribution is -0.124. The van der Waals surface area contributed by atoms with Gasteiger partial charge in [-0.25, -0.2) is 0 Å². The average molecular weight is 235 g/mol. The standard InChI is InChI=1S/C13H21N3O/c1-13(12(14)17,15-9-10-16(2)3)11-7-5-4-6-8-11/h4-8,15H,9-10H2,1-3H3,(H2,14,17). The van der Waals surface area contributed by atoms with Crippen LogP contribution in [0.5, 0.6) is 0 Å². The van der Waals surface area contributed by atoms with Gasteiger partial charge in [0.1, 0.15) is 5.54 Å². The Balaban J connectivity index is 2.80. The van der Waals surface area contributed by atoms with Gasteiger partial charge < -0.3 is 10.6 Å². The highest BCUT2D eigenvalue weighted by Crippen LogP contribution is 2.19. The first-order valence-electron chi connectivity index (χ1n) is 5.72. The lowest BCUT2D eigenvalue weighted by Gasteiger charge is -2.28. The third-order valence-electron chi connectivity index (χ3n) is 2.88. The van der Waals surface area contributed by atoms with Crippen molar-refractivity contribution in [1.82, 2.24) is 10.2 Å². The zero-order valence-corrected chi connectivity index (χ0v) is 10.7. The fourth-order valence-electron chi connectivity index (χ4n) is 1.63. The molecular weight excluding hydrogens is 214 g/mol. The number of hydrogen-bond donors (Lipinski definition) is 2. The average Bonchev–Trinajstić information content (AvgIpc) is 2.29. The van der Waals surface area contributed by atoms with Gasteiger partial charge in [0.25, 0.3) is 0 Å². The van der Waals surface area contributed by atoms with Crippen LogP contribution in [0.15, 0.2) is 30.3 Å². The van der Waals surface area contributed by atoms with Gasteiger partial charge in [-0.3, -0.25) is 10.1 Å². The Morgan fingerprint density at radius 2 is 1.94 bits per heavy atom. The molecule has 17 heavy (non-hydrogen) atoms. The summed E-state index contributed by atoms with van der Waals surface area (Å²) in [4.78, 5) is 13.7. The van der Waals surface area contributed by atoms with Gasteiger partial charge in [0.2, 0.25) is 5.91 Å². The second-order valence-electron chi connectivity index (χ2n) is 4.59. The molecule has 0 aliphatic carbocycles. The van der Waals surface area contributed by atoms with E-state index in [1.807, 2.05) is 51.4 Å². The van der Waals surface area contributed by atoms with Crippen LogP contribution in [0, 0.1) is 0 Å². The zero-order chi connectivity index (χ0) is 12.9. The molecule has 1 rings (SSSR count). The predicted octanol–water partition coefficient (Wildman–Crippen LogP) is 0.538. The number of carbonyl (C=O) groups excluding carboxylic acids is 1. The second-order valence-corrected chi connectivity index (χ2v) is 4.59. The zero-order valence-electron chi connectivity index (χ0n) is 10.7. The van der Waals surface area contributed by atoms with Crippen LogP contribution in [0.3, 0.4) is 0 Å². The van der Waals surface area contributed by atoms with E-state index in [4.69, 9.17) is 5.73 Å². The molecule has 1 amide bonds. The molecule has 0 aromatic heterocycles. The Morgan fingerprint density at radius 1 is 1.35 bits per heavy atom. The first-order chi connectivity index (χ1) is 7.97. The Hall–Kier alpha value is -1.39. The fraction of sp³-hybridized carbons (Fsp3) is 0.462. The highest BCUT2D eigenvalue weighted by molar-refractivity contribution is 5.85. The molecule has 0 bridgehead atoms. The van der Waals surface area contributed by atoms with Crippen LogP contribution in [-0.4, -0.2) is 38.0 Å². The normalized spacial score (nSPS) is 14.6. The summed E-state index contributed by atoms with van der Waals surface area (Å²) in [6.07, 6.45) is 0. The first kappa shape index (κ1) is 13.7. The Morgan fingerprint density at radius 3 is 2.41 bits per heavy atom. The van der Waals surface area contributed by atoms with Crippen molar-refractivity contribution in [1.29, 1.82) is 0 Å². The van der Waals surface area contributed by atoms with E-state index in [-0.39, 0.29) is 5.91 Å². The summed E-state index contributed by atoms with van der Waals surface area (Å²) >= 11 is 0. The second kappa shape index (κ2) is 5.80. The SMILES string of the molecule is CN(C)CCNC(C)(C(N)=O)c1ccccc1. The van der Waals surface area contributed by atoms with Crippen LogP contribution >= 0.6 is 0 Å². The predicted molar refractivity (Wildman–Crippen MR) is 69.5 cm³/mol. The van der Waals surface area contributed by atoms with Crippen molar-refractivity contribution < 1.29 is 4.79 Å². The molecule has 1 aromatic carbocycles. The van der Waals surface area contributed by atoms with E-state index in [1.54, 1.807) is 0 Å². The smallest absolute Gasteiger partial charge is 0.242 e. The summed E-state index contributed by atoms with van der Waals surface area (Å²) in [6.45, 7) is 3.39. The fourth-order valence-corrected chi connectivity index (χ4v) is 1.63. The molecule has 3 N–H and O–H groups in total. The molecule has 0 radical (unpaired) electrons. The van der Waals surface area contributed by atoms with Crippen LogP contribution in [0.2, 0.25) is 0 Å². The molecule has 1 atom stereocenters. The highest BCUT2D eigenvalue weighted by Gasteiger charge is 2.32. The van der Waals surface area contributed by atoms with E-state index >= 15 is 0 Å². The number of carbonyl (C=O) groups is 1. The summed E-state index contributed by atoms with van der Waals surface area (Å²) in [5.74, 6) is -0.359. The van der Waals surface area contributed by atoms with Crippen molar-refractivity contribution in [3.05, 3.63) is 35.9 Å². The quantitative estimate of drug-likeness (QED) is 0.756. The maximum Gasteiger partial charge on any atom is 0.242 e. The molecule has 4 heteroatoms. The number of benzene rings is 1. The van der Waals surface area contributed by atoms with Crippen LogP contribution < -0.4 is 11.1 Å². The molecule has 1 aromatic rings. The van der Waals surface area contributed by atoms with Gasteiger partial charge in [0.05, 0.1) is 0 Å². The van der Waals surface area contributed by atoms with Gasteiger partial charge in [-0.1, -0.05) is 30.3 Å². The van der Waals surface area contributed by atoms with Gasteiger partial charge in [-0.2, -0.15) is 0 Å². The lowest BCUT2D eigenvalue weighted by Crippen LogP contribution is -2.51. The van der Waals surface area contributed by atoms with E-state index in [0.717, 1.165) is 12.1 Å². The van der Waals surface area contributed by atoms with Gasteiger partial charge in [0, 0.05) is 13.1 Å². The van der Waals surface area contributed by atoms with Crippen LogP contribution in [0.4, 0.5) is 0 Å². The molecule has 0 aliphatic heterocycles. The maximum atomic E-state index is 11.6. The molecule has 0 spiro atoms. The summed E-state index contributed by atoms with van der Waals surface area (Å²) in [6, 6.07) is 9.56. The third kappa shape index (κ3) is 3.54. The van der Waals surface area contributed by atoms with E-state index in [1.165, 1.54) is 0 Å². The summed E-state index contributed by atoms with van der Waals surface area (Å²) in [5.41, 5.74) is 5.59. The number of nitrogens with zero attached hydrogens (tertiary/aromatic N) is 1. The van der Waals surface area contributed by atoms with E-state index < -0.39 is 5.54 Å². The van der Waals surface area contributed by atoms with Crippen LogP contribution in [0.1, 0.15) is 12.5 Å². The topological polar surface area (TPSA) is 58.4 Å². The van der Waals surface area contributed by atoms with Gasteiger partial charge in [-0.05, 0) is 26.6 Å². The first-order valence-corrected chi connectivity index (χ1v) is 5.72. The summed E-state index contributed by atoms with van der Waals surface area (Å²) < 4.78 is 0. The Kier molecular flexibility index (Phi) is 4.66. The minimum absolute atomic E-state index is 0.359. The minimum Gasteiger partial charge on any atom is -0.368 e. The molecule has 94 valence electrons. The van der Waals surface area contributed by atoms with Crippen molar-refractivity contribution in [2.75, 3.05) is 27.2 Å². The van der Waals surface area contributed by atoms with Gasteiger partial charge in [0.15, 0.2) is 0 Å². The third-order valence-corrected chi connectivity index (χ3v) is 2.88. The lowest BCUT2D eigenvalue weighted by atomic mass is 9.91. The van der Waals surface area contributed by atoms with Crippen molar-refractivity contribution in [3.63, 3.8) is 0 Å². The molecule has 1 unspecified atom stereocenters. The molecular formula is C13H21N3O. The number of nitrogens with one attached hydrogen (secondary N) is 1. The Labute approximate surface area is 103 Å². The van der Waals surface area contributed by atoms with Crippen molar-refractivity contribution in [2.45, 2.75) is 12.5 Å². The van der Waals surface area contributed by atoms with E-state index in [0.29, 0.717) is 6.54 Å². The molecule has 0 heterocycles. The van der Waals surface area contributed by atoms with Crippen molar-refractivity contribution in [3.8, 4) is 0 Å². The highest BCUT2D eigenvalue weighted by atomic mass is 16.1. The van der Waals surface area contributed by atoms with Crippen LogP contribution in [0.25, 0.3) is 0 Å². The molecule has 0 saturated heterocycles. The van der Waals surface area contributed by atoms with Gasteiger partial charge >= 0.3 is 0 Å². The van der Waals surface area contributed by atoms with Crippen LogP contribution in [-0.2, 0) is 10.3 Å². The number of nitrogens with two attached hydrogens (primary N) is 1. The molecule has 4 nitrogen and oxygen atoms in total.